The highest BCUT2D eigenvalue weighted by atomic mass is 35.5. The van der Waals surface area contributed by atoms with Crippen LogP contribution in [0.5, 0.6) is 0 Å². The molecule has 2 heterocycles. The summed E-state index contributed by atoms with van der Waals surface area (Å²) in [5.41, 5.74) is 1.92. The number of rotatable bonds is 5. The number of aryl methyl sites for hydroxylation is 3. The van der Waals surface area contributed by atoms with Crippen molar-refractivity contribution in [2.24, 2.45) is 0 Å². The van der Waals surface area contributed by atoms with Gasteiger partial charge in [0.05, 0.1) is 11.0 Å². The second-order valence-corrected chi connectivity index (χ2v) is 5.16. The summed E-state index contributed by atoms with van der Waals surface area (Å²) in [6, 6.07) is 5.69. The Kier molecular flexibility index (Phi) is 3.89. The van der Waals surface area contributed by atoms with Crippen LogP contribution >= 0.6 is 23.2 Å². The number of alkyl halides is 1. The predicted octanol–water partition coefficient (Wildman–Crippen LogP) is 3.10. The fourth-order valence-electron chi connectivity index (χ4n) is 2.19. The molecule has 0 aliphatic carbocycles. The number of halogens is 2. The Morgan fingerprint density at radius 2 is 2.15 bits per heavy atom. The summed E-state index contributed by atoms with van der Waals surface area (Å²) in [6.45, 7) is 0.726. The van der Waals surface area contributed by atoms with Gasteiger partial charge in [0.1, 0.15) is 5.82 Å². The van der Waals surface area contributed by atoms with Gasteiger partial charge in [0.15, 0.2) is 5.82 Å². The average molecular weight is 311 g/mol. The molecule has 0 bridgehead atoms. The third-order valence-corrected chi connectivity index (χ3v) is 3.50. The summed E-state index contributed by atoms with van der Waals surface area (Å²) in [6.07, 6.45) is 2.72. The Morgan fingerprint density at radius 3 is 2.90 bits per heavy atom. The van der Waals surface area contributed by atoms with Crippen LogP contribution < -0.4 is 0 Å². The third kappa shape index (κ3) is 2.64. The highest BCUT2D eigenvalue weighted by Gasteiger charge is 2.11. The van der Waals surface area contributed by atoms with Crippen molar-refractivity contribution in [2.75, 3.05) is 5.88 Å². The van der Waals surface area contributed by atoms with Crippen molar-refractivity contribution in [2.45, 2.75) is 19.4 Å². The van der Waals surface area contributed by atoms with Gasteiger partial charge in [0, 0.05) is 30.3 Å². The highest BCUT2D eigenvalue weighted by molar-refractivity contribution is 6.31. The van der Waals surface area contributed by atoms with Crippen LogP contribution in [0.25, 0.3) is 11.0 Å². The molecular weight excluding hydrogens is 299 g/mol. The van der Waals surface area contributed by atoms with Gasteiger partial charge in [-0.05, 0) is 18.2 Å². The summed E-state index contributed by atoms with van der Waals surface area (Å²) in [4.78, 5) is 8.62. The van der Waals surface area contributed by atoms with Crippen molar-refractivity contribution in [3.8, 4) is 0 Å². The zero-order valence-corrected chi connectivity index (χ0v) is 12.1. The van der Waals surface area contributed by atoms with Gasteiger partial charge in [-0.1, -0.05) is 16.8 Å². The standard InChI is InChI=1S/C13H12Cl2N4O/c14-5-3-13-17-10-7-9(15)1-2-11(10)19(13)6-4-12-16-8-20-18-12/h1-2,7-8H,3-6H2. The summed E-state index contributed by atoms with van der Waals surface area (Å²) in [5, 5.41) is 4.50. The Bertz CT molecular complexity index is 709. The van der Waals surface area contributed by atoms with Gasteiger partial charge >= 0.3 is 0 Å². The first-order chi connectivity index (χ1) is 9.78. The molecule has 0 spiro atoms. The van der Waals surface area contributed by atoms with E-state index in [-0.39, 0.29) is 0 Å². The minimum Gasteiger partial charge on any atom is -0.343 e. The monoisotopic (exact) mass is 310 g/mol. The molecule has 2 aromatic heterocycles. The summed E-state index contributed by atoms with van der Waals surface area (Å²) in [7, 11) is 0. The SMILES string of the molecule is ClCCc1nc2cc(Cl)ccc2n1CCc1ncon1. The van der Waals surface area contributed by atoms with Crippen LogP contribution in [0.3, 0.4) is 0 Å². The third-order valence-electron chi connectivity index (χ3n) is 3.07. The lowest BCUT2D eigenvalue weighted by molar-refractivity contribution is 0.408. The predicted molar refractivity (Wildman–Crippen MR) is 77.2 cm³/mol. The van der Waals surface area contributed by atoms with E-state index in [1.807, 2.05) is 18.2 Å². The van der Waals surface area contributed by atoms with E-state index >= 15 is 0 Å². The molecule has 0 atom stereocenters. The second kappa shape index (κ2) is 5.81. The molecule has 3 rings (SSSR count). The molecule has 0 N–H and O–H groups in total. The lowest BCUT2D eigenvalue weighted by Crippen LogP contribution is -2.07. The van der Waals surface area contributed by atoms with Gasteiger partial charge in [0.2, 0.25) is 6.39 Å². The minimum atomic E-state index is 0.527. The maximum Gasteiger partial charge on any atom is 0.213 e. The van der Waals surface area contributed by atoms with E-state index in [4.69, 9.17) is 27.7 Å². The van der Waals surface area contributed by atoms with Gasteiger partial charge < -0.3 is 9.09 Å². The average Bonchev–Trinajstić information content (AvgIpc) is 3.04. The van der Waals surface area contributed by atoms with Crippen LogP contribution in [0.2, 0.25) is 5.02 Å². The molecule has 0 amide bonds. The Hall–Kier alpha value is -1.59. The van der Waals surface area contributed by atoms with Crippen molar-refractivity contribution >= 4 is 34.2 Å². The van der Waals surface area contributed by atoms with Crippen molar-refractivity contribution in [1.29, 1.82) is 0 Å². The number of benzene rings is 1. The Morgan fingerprint density at radius 1 is 1.25 bits per heavy atom. The molecular formula is C13H12Cl2N4O. The molecule has 5 nitrogen and oxygen atoms in total. The van der Waals surface area contributed by atoms with Crippen LogP contribution in [-0.2, 0) is 19.4 Å². The number of hydrogen-bond acceptors (Lipinski definition) is 4. The molecule has 0 saturated carbocycles. The van der Waals surface area contributed by atoms with Crippen molar-refractivity contribution in [3.05, 3.63) is 41.3 Å². The molecule has 20 heavy (non-hydrogen) atoms. The van der Waals surface area contributed by atoms with E-state index in [1.54, 1.807) is 0 Å². The van der Waals surface area contributed by atoms with Crippen LogP contribution in [-0.4, -0.2) is 25.6 Å². The number of nitrogens with zero attached hydrogens (tertiary/aromatic N) is 4. The molecule has 0 unspecified atom stereocenters. The summed E-state index contributed by atoms with van der Waals surface area (Å²) in [5.74, 6) is 2.15. The van der Waals surface area contributed by atoms with Crippen LogP contribution in [0.1, 0.15) is 11.6 Å². The smallest absolute Gasteiger partial charge is 0.213 e. The van der Waals surface area contributed by atoms with Crippen LogP contribution in [0, 0.1) is 0 Å². The van der Waals surface area contributed by atoms with Crippen LogP contribution in [0.15, 0.2) is 29.1 Å². The van der Waals surface area contributed by atoms with Gasteiger partial charge in [-0.2, -0.15) is 4.98 Å². The number of hydrogen-bond donors (Lipinski definition) is 0. The van der Waals surface area contributed by atoms with E-state index in [0.717, 1.165) is 23.4 Å². The van der Waals surface area contributed by atoms with Gasteiger partial charge in [0.25, 0.3) is 0 Å². The van der Waals surface area contributed by atoms with Crippen molar-refractivity contribution in [3.63, 3.8) is 0 Å². The molecule has 0 fully saturated rings. The minimum absolute atomic E-state index is 0.527. The molecule has 0 aliphatic rings. The van der Waals surface area contributed by atoms with E-state index in [1.165, 1.54) is 6.39 Å². The number of imidazole rings is 1. The van der Waals surface area contributed by atoms with Crippen molar-refractivity contribution < 1.29 is 4.52 Å². The number of aromatic nitrogens is 4. The molecule has 7 heteroatoms. The maximum absolute atomic E-state index is 6.01. The molecule has 0 radical (unpaired) electrons. The lowest BCUT2D eigenvalue weighted by Gasteiger charge is -2.06. The van der Waals surface area contributed by atoms with E-state index in [2.05, 4.69) is 19.7 Å². The molecule has 0 aliphatic heterocycles. The largest absolute Gasteiger partial charge is 0.343 e. The van der Waals surface area contributed by atoms with E-state index in [9.17, 15) is 0 Å². The van der Waals surface area contributed by atoms with E-state index < -0.39 is 0 Å². The zero-order chi connectivity index (χ0) is 13.9. The second-order valence-electron chi connectivity index (χ2n) is 4.35. The molecule has 3 aromatic rings. The highest BCUT2D eigenvalue weighted by Crippen LogP contribution is 2.21. The summed E-state index contributed by atoms with van der Waals surface area (Å²) >= 11 is 11.9. The number of fused-ring (bicyclic) bond motifs is 1. The fraction of sp³-hybridized carbons (Fsp3) is 0.308. The molecule has 104 valence electrons. The first kappa shape index (κ1) is 13.4. The fourth-order valence-corrected chi connectivity index (χ4v) is 2.53. The van der Waals surface area contributed by atoms with Gasteiger partial charge in [-0.3, -0.25) is 0 Å². The Labute approximate surface area is 125 Å². The maximum atomic E-state index is 6.01. The quantitative estimate of drug-likeness (QED) is 0.679. The van der Waals surface area contributed by atoms with Gasteiger partial charge in [-0.25, -0.2) is 4.98 Å². The first-order valence-electron chi connectivity index (χ1n) is 6.24. The zero-order valence-electron chi connectivity index (χ0n) is 10.6. The van der Waals surface area contributed by atoms with Gasteiger partial charge in [-0.15, -0.1) is 11.6 Å². The molecule has 0 saturated heterocycles. The van der Waals surface area contributed by atoms with Crippen molar-refractivity contribution in [1.82, 2.24) is 19.7 Å². The normalized spacial score (nSPS) is 11.3. The van der Waals surface area contributed by atoms with E-state index in [0.29, 0.717) is 29.6 Å². The molecule has 1 aromatic carbocycles. The first-order valence-corrected chi connectivity index (χ1v) is 7.15. The van der Waals surface area contributed by atoms with Crippen LogP contribution in [0.4, 0.5) is 0 Å². The topological polar surface area (TPSA) is 56.7 Å². The summed E-state index contributed by atoms with van der Waals surface area (Å²) < 4.78 is 6.87. The Balaban J connectivity index is 1.95. The lowest BCUT2D eigenvalue weighted by atomic mass is 10.3.